The van der Waals surface area contributed by atoms with Gasteiger partial charge in [-0.3, -0.25) is 0 Å². The summed E-state index contributed by atoms with van der Waals surface area (Å²) in [6.45, 7) is 4.61. The maximum absolute atomic E-state index is 5.29. The molecule has 0 fully saturated rings. The van der Waals surface area contributed by atoms with Crippen molar-refractivity contribution in [3.8, 4) is 147 Å². The summed E-state index contributed by atoms with van der Waals surface area (Å²) in [5, 5.41) is 13.6. The quantitative estimate of drug-likeness (QED) is 0.125. The van der Waals surface area contributed by atoms with Gasteiger partial charge < -0.3 is 0 Å². The lowest BCUT2D eigenvalue weighted by molar-refractivity contribution is 0.660. The summed E-state index contributed by atoms with van der Waals surface area (Å²) in [6, 6.07) is 175. The number of aromatic nitrogens is 9. The van der Waals surface area contributed by atoms with Crippen LogP contribution in [-0.4, -0.2) is 44.9 Å². The zero-order valence-electron chi connectivity index (χ0n) is 78.3. The molecule has 3 aromatic heterocycles. The Bertz CT molecular complexity index is 8760. The molecule has 0 radical (unpaired) electrons. The van der Waals surface area contributed by atoms with Gasteiger partial charge in [-0.15, -0.1) is 0 Å². The summed E-state index contributed by atoms with van der Waals surface area (Å²) in [5.41, 5.74) is 30.8. The molecule has 3 heterocycles. The average molecular weight is 1820 g/mol. The lowest BCUT2D eigenvalue weighted by Gasteiger charge is -2.34. The van der Waals surface area contributed by atoms with Crippen molar-refractivity contribution in [1.29, 1.82) is 0 Å². The van der Waals surface area contributed by atoms with Gasteiger partial charge in [-0.1, -0.05) is 487 Å². The minimum absolute atomic E-state index is 0.105. The van der Waals surface area contributed by atoms with Gasteiger partial charge in [-0.2, -0.15) is 0 Å². The molecule has 0 atom stereocenters. The summed E-state index contributed by atoms with van der Waals surface area (Å²) in [4.78, 5) is 46.9. The third kappa shape index (κ3) is 13.6. The van der Waals surface area contributed by atoms with Crippen LogP contribution in [0.3, 0.4) is 0 Å². The Labute approximate surface area is 827 Å². The van der Waals surface area contributed by atoms with E-state index in [0.717, 1.165) is 115 Å². The van der Waals surface area contributed by atoms with Gasteiger partial charge in [0.2, 0.25) is 0 Å². The predicted octanol–water partition coefficient (Wildman–Crippen LogP) is 32.5. The normalized spacial score (nSPS) is 13.1. The van der Waals surface area contributed by atoms with Crippen LogP contribution in [0.25, 0.3) is 212 Å². The molecule has 9 nitrogen and oxygen atoms in total. The smallest absolute Gasteiger partial charge is 0.164 e. The van der Waals surface area contributed by atoms with Gasteiger partial charge in [0.25, 0.3) is 0 Å². The Morgan fingerprint density at radius 2 is 0.322 bits per heavy atom. The van der Waals surface area contributed by atoms with Gasteiger partial charge in [-0.25, -0.2) is 44.9 Å². The van der Waals surface area contributed by atoms with Gasteiger partial charge in [0.1, 0.15) is 0 Å². The summed E-state index contributed by atoms with van der Waals surface area (Å²) in [5.74, 6) is 5.97. The van der Waals surface area contributed by atoms with Gasteiger partial charge >= 0.3 is 0 Å². The zero-order chi connectivity index (χ0) is 94.9. The Hall–Kier alpha value is -18.6. The number of fused-ring (bicyclic) bond motifs is 22. The van der Waals surface area contributed by atoms with Gasteiger partial charge in [0.15, 0.2) is 52.4 Å². The Balaban J connectivity index is 0.000000108. The highest BCUT2D eigenvalue weighted by atomic mass is 15.1. The lowest BCUT2D eigenvalue weighted by Crippen LogP contribution is -2.28. The fourth-order valence-corrected chi connectivity index (χ4v) is 23.4. The van der Waals surface area contributed by atoms with E-state index in [1.807, 2.05) is 0 Å². The minimum Gasteiger partial charge on any atom is -0.208 e. The monoisotopic (exact) mass is 1820 g/mol. The zero-order valence-corrected chi connectivity index (χ0v) is 78.3. The highest BCUT2D eigenvalue weighted by Gasteiger charge is 2.52. The molecule has 1 spiro atoms. The van der Waals surface area contributed by atoms with Crippen LogP contribution in [0.4, 0.5) is 0 Å². The van der Waals surface area contributed by atoms with E-state index in [-0.39, 0.29) is 5.41 Å². The van der Waals surface area contributed by atoms with Crippen molar-refractivity contribution < 1.29 is 0 Å². The van der Waals surface area contributed by atoms with Crippen molar-refractivity contribution in [3.05, 3.63) is 547 Å². The average Bonchev–Trinajstić information content (AvgIpc) is 1.50. The van der Waals surface area contributed by atoms with Crippen molar-refractivity contribution in [2.45, 2.75) is 30.1 Å². The molecule has 25 aromatic rings. The molecule has 22 aromatic carbocycles. The van der Waals surface area contributed by atoms with Crippen molar-refractivity contribution in [1.82, 2.24) is 44.9 Å². The number of benzene rings is 22. The second-order valence-corrected chi connectivity index (χ2v) is 37.9. The molecule has 0 unspecified atom stereocenters. The molecule has 4 aliphatic rings. The summed E-state index contributed by atoms with van der Waals surface area (Å²) >= 11 is 0. The van der Waals surface area contributed by atoms with Gasteiger partial charge in [0, 0.05) is 55.5 Å². The number of hydrogen-bond acceptors (Lipinski definition) is 9. The summed E-state index contributed by atoms with van der Waals surface area (Å²) in [7, 11) is 0. The van der Waals surface area contributed by atoms with Crippen LogP contribution in [0.15, 0.2) is 491 Å². The van der Waals surface area contributed by atoms with E-state index < -0.39 is 10.8 Å². The summed E-state index contributed by atoms with van der Waals surface area (Å²) in [6.07, 6.45) is 0. The second-order valence-electron chi connectivity index (χ2n) is 37.9. The van der Waals surface area contributed by atoms with Crippen LogP contribution in [0.1, 0.15) is 69.5 Å². The molecule has 0 amide bonds. The van der Waals surface area contributed by atoms with Crippen LogP contribution in [-0.2, 0) is 16.2 Å². The van der Waals surface area contributed by atoms with Crippen LogP contribution >= 0.6 is 0 Å². The predicted molar refractivity (Wildman–Crippen MR) is 585 cm³/mol. The van der Waals surface area contributed by atoms with E-state index in [2.05, 4.69) is 505 Å². The topological polar surface area (TPSA) is 116 Å². The molecular formula is C134H87N9. The van der Waals surface area contributed by atoms with E-state index in [1.54, 1.807) is 0 Å². The van der Waals surface area contributed by atoms with Crippen molar-refractivity contribution in [3.63, 3.8) is 0 Å². The SMILES string of the molecule is CC1(C)c2ccccc2-c2ccc(-c3nc(-c4cccc5ccccc45)nc(-c4cccc5ccccc45)n3)cc21.c1ccc(C2(c3ccccc3)c3ccccc3-c3ccc(-c4nc(-c5cccc6ccccc56)nc(-c5cccc6ccccc56)n4)cc32)cc1.c1ccc2c(c1)-c1ccccc1C21c2ccccc2-c2ccc(-c3nc(-c4cccc5ccccc45)nc(-c4cccc5ccccc45)n3)cc21. The first-order chi connectivity index (χ1) is 70.6. The number of rotatable bonds is 11. The standard InChI is InChI=1S/C48H29N3.C48H31N3.C38H27N3/c1-3-17-33-30(13-1)15-11-22-39(33)46-49-45(50-47(51-46)40-23-12-16-31-14-2-4-18-34(31)40)32-27-28-38-37-21-7-10-26-43(37)48(44(38)29-32)41-24-8-5-19-35(41)36-20-6-9-25-42(36)48;1-3-19-35(20-4-1)48(36-21-5-2-6-22-36)43-28-12-11-25-39(43)40-30-29-34(31-44(40)48)45-49-46(41-26-13-17-32-15-7-9-23-37(32)41)51-47(50-45)42-27-14-18-33-16-8-10-24-38(33)42;1-38(2)33-20-8-7-17-29(33)30-22-21-26(23-34(30)38)35-39-36(31-18-9-13-24-11-3-5-15-27(24)31)41-37(40-35)32-19-10-14-25-12-4-6-16-28(25)32/h1-29H;1-31H;3-23H,1-2H3. The molecule has 0 saturated carbocycles. The van der Waals surface area contributed by atoms with Crippen molar-refractivity contribution in [2.24, 2.45) is 0 Å². The molecule has 9 heteroatoms. The van der Waals surface area contributed by atoms with Crippen LogP contribution in [0, 0.1) is 0 Å². The molecule has 4 aliphatic carbocycles. The first-order valence-electron chi connectivity index (χ1n) is 48.9. The van der Waals surface area contributed by atoms with E-state index in [0.29, 0.717) is 52.4 Å². The Morgan fingerprint density at radius 1 is 0.133 bits per heavy atom. The molecule has 29 rings (SSSR count). The van der Waals surface area contributed by atoms with E-state index in [1.165, 1.54) is 100 Å². The third-order valence-corrected chi connectivity index (χ3v) is 29.9. The third-order valence-electron chi connectivity index (χ3n) is 29.9. The Kier molecular flexibility index (Phi) is 19.9. The maximum Gasteiger partial charge on any atom is 0.164 e. The van der Waals surface area contributed by atoms with E-state index in [4.69, 9.17) is 44.9 Å². The lowest BCUT2D eigenvalue weighted by atomic mass is 9.67. The van der Waals surface area contributed by atoms with Crippen LogP contribution in [0.2, 0.25) is 0 Å². The number of hydrogen-bond donors (Lipinski definition) is 0. The van der Waals surface area contributed by atoms with Crippen molar-refractivity contribution in [2.75, 3.05) is 0 Å². The molecule has 143 heavy (non-hydrogen) atoms. The maximum atomic E-state index is 5.29. The molecular weight excluding hydrogens is 1740 g/mol. The first kappa shape index (κ1) is 83.8. The summed E-state index contributed by atoms with van der Waals surface area (Å²) < 4.78 is 0. The fraction of sp³-hybridized carbons (Fsp3) is 0.0373. The molecule has 0 N–H and O–H groups in total. The van der Waals surface area contributed by atoms with Crippen molar-refractivity contribution >= 4 is 64.6 Å². The highest BCUT2D eigenvalue weighted by Crippen LogP contribution is 2.64. The van der Waals surface area contributed by atoms with Gasteiger partial charge in [0.05, 0.1) is 10.8 Å². The largest absolute Gasteiger partial charge is 0.208 e. The molecule has 0 bridgehead atoms. The van der Waals surface area contributed by atoms with E-state index in [9.17, 15) is 0 Å². The van der Waals surface area contributed by atoms with E-state index >= 15 is 0 Å². The van der Waals surface area contributed by atoms with Crippen LogP contribution < -0.4 is 0 Å². The first-order valence-corrected chi connectivity index (χ1v) is 48.9. The second kappa shape index (κ2) is 34.0. The van der Waals surface area contributed by atoms with Gasteiger partial charge in [-0.05, 0) is 183 Å². The minimum atomic E-state index is -0.519. The fourth-order valence-electron chi connectivity index (χ4n) is 23.4. The Morgan fingerprint density at radius 3 is 0.608 bits per heavy atom. The molecule has 0 saturated heterocycles. The number of nitrogens with zero attached hydrogens (tertiary/aromatic N) is 9. The van der Waals surface area contributed by atoms with Crippen LogP contribution in [0.5, 0.6) is 0 Å². The molecule has 668 valence electrons. The molecule has 0 aliphatic heterocycles. The highest BCUT2D eigenvalue weighted by molar-refractivity contribution is 6.04.